The van der Waals surface area contributed by atoms with Gasteiger partial charge in [-0.1, -0.05) is 24.0 Å². The molecule has 116 valence electrons. The highest BCUT2D eigenvalue weighted by Crippen LogP contribution is 2.35. The third kappa shape index (κ3) is 2.93. The second-order valence-electron chi connectivity index (χ2n) is 4.72. The van der Waals surface area contributed by atoms with E-state index in [4.69, 9.17) is 4.74 Å². The molecule has 0 saturated heterocycles. The third-order valence-corrected chi connectivity index (χ3v) is 4.32. The van der Waals surface area contributed by atoms with Gasteiger partial charge in [0.2, 0.25) is 0 Å². The highest BCUT2D eigenvalue weighted by atomic mass is 32.1. The zero-order valence-corrected chi connectivity index (χ0v) is 13.1. The number of hydrogen-bond acceptors (Lipinski definition) is 4. The summed E-state index contributed by atoms with van der Waals surface area (Å²) in [5.41, 5.74) is 1.95. The van der Waals surface area contributed by atoms with Crippen LogP contribution in [0.4, 0.5) is 9.52 Å². The number of carbonyl (C=O) groups excluding carboxylic acids is 1. The van der Waals surface area contributed by atoms with E-state index in [1.807, 2.05) is 12.1 Å². The fourth-order valence-electron chi connectivity index (χ4n) is 2.15. The van der Waals surface area contributed by atoms with E-state index in [1.165, 1.54) is 35.6 Å². The number of nitrogens with zero attached hydrogens (tertiary/aromatic N) is 1. The Morgan fingerprint density at radius 1 is 1.30 bits per heavy atom. The fraction of sp³-hybridized carbons (Fsp3) is 0.0588. The Morgan fingerprint density at radius 3 is 2.70 bits per heavy atom. The number of anilines is 1. The van der Waals surface area contributed by atoms with Crippen LogP contribution >= 0.6 is 11.3 Å². The van der Waals surface area contributed by atoms with Crippen molar-refractivity contribution in [1.29, 1.82) is 0 Å². The van der Waals surface area contributed by atoms with Crippen LogP contribution in [-0.2, 0) is 0 Å². The lowest BCUT2D eigenvalue weighted by atomic mass is 10.2. The minimum absolute atomic E-state index is 0.344. The molecule has 4 nitrogen and oxygen atoms in total. The molecule has 0 aliphatic heterocycles. The quantitative estimate of drug-likeness (QED) is 0.775. The first-order chi connectivity index (χ1) is 11.1. The van der Waals surface area contributed by atoms with Crippen molar-refractivity contribution in [2.45, 2.75) is 0 Å². The second-order valence-corrected chi connectivity index (χ2v) is 5.72. The zero-order valence-electron chi connectivity index (χ0n) is 12.3. The van der Waals surface area contributed by atoms with Crippen LogP contribution in [0.1, 0.15) is 15.9 Å². The van der Waals surface area contributed by atoms with Gasteiger partial charge in [0.15, 0.2) is 5.13 Å². The first-order valence-electron chi connectivity index (χ1n) is 6.79. The van der Waals surface area contributed by atoms with Crippen molar-refractivity contribution in [3.63, 3.8) is 0 Å². The summed E-state index contributed by atoms with van der Waals surface area (Å²) in [6.07, 6.45) is 1.73. The molecule has 0 spiro atoms. The molecule has 0 atom stereocenters. The predicted octanol–water partition coefficient (Wildman–Crippen LogP) is 4.34. The van der Waals surface area contributed by atoms with Gasteiger partial charge in [0.25, 0.3) is 5.91 Å². The minimum Gasteiger partial charge on any atom is -0.494 e. The van der Waals surface area contributed by atoms with E-state index in [0.29, 0.717) is 22.0 Å². The molecule has 3 rings (SSSR count). The van der Waals surface area contributed by atoms with Gasteiger partial charge < -0.3 is 4.74 Å². The van der Waals surface area contributed by atoms with Crippen molar-refractivity contribution >= 4 is 38.7 Å². The Hall–Kier alpha value is -2.73. The van der Waals surface area contributed by atoms with Crippen LogP contribution in [-0.4, -0.2) is 18.0 Å². The van der Waals surface area contributed by atoms with Gasteiger partial charge in [-0.05, 0) is 42.0 Å². The number of amides is 1. The summed E-state index contributed by atoms with van der Waals surface area (Å²) in [5.74, 6) is -0.103. The Balaban J connectivity index is 1.95. The van der Waals surface area contributed by atoms with E-state index in [9.17, 15) is 9.18 Å². The normalized spacial score (nSPS) is 10.5. The van der Waals surface area contributed by atoms with Crippen molar-refractivity contribution in [2.24, 2.45) is 0 Å². The number of fused-ring (bicyclic) bond motifs is 1. The molecule has 0 saturated carbocycles. The maximum atomic E-state index is 12.9. The summed E-state index contributed by atoms with van der Waals surface area (Å²) in [4.78, 5) is 16.6. The molecule has 0 bridgehead atoms. The van der Waals surface area contributed by atoms with E-state index in [1.54, 1.807) is 13.2 Å². The number of carbonyl (C=O) groups is 1. The number of nitrogens with one attached hydrogen (secondary N) is 1. The Bertz CT molecular complexity index is 887. The molecule has 3 aromatic rings. The summed E-state index contributed by atoms with van der Waals surface area (Å²) < 4.78 is 19.1. The second kappa shape index (κ2) is 6.18. The summed E-state index contributed by atoms with van der Waals surface area (Å²) in [6.45, 7) is 3.78. The molecule has 1 N–H and O–H groups in total. The number of aromatic nitrogens is 1. The van der Waals surface area contributed by atoms with E-state index in [2.05, 4.69) is 16.9 Å². The molecule has 0 radical (unpaired) electrons. The van der Waals surface area contributed by atoms with Gasteiger partial charge in [-0.3, -0.25) is 10.1 Å². The van der Waals surface area contributed by atoms with Crippen LogP contribution in [0.2, 0.25) is 0 Å². The SMILES string of the molecule is C=Cc1ccc(OC)c2nc(NC(=O)c3ccc(F)cc3)sc12. The maximum Gasteiger partial charge on any atom is 0.257 e. The van der Waals surface area contributed by atoms with Gasteiger partial charge in [-0.2, -0.15) is 0 Å². The monoisotopic (exact) mass is 328 g/mol. The molecule has 0 fully saturated rings. The largest absolute Gasteiger partial charge is 0.494 e. The average molecular weight is 328 g/mol. The van der Waals surface area contributed by atoms with Crippen molar-refractivity contribution in [3.8, 4) is 5.75 Å². The molecule has 2 aromatic carbocycles. The number of thiazole rings is 1. The number of methoxy groups -OCH3 is 1. The number of benzene rings is 2. The highest BCUT2D eigenvalue weighted by molar-refractivity contribution is 7.22. The highest BCUT2D eigenvalue weighted by Gasteiger charge is 2.14. The van der Waals surface area contributed by atoms with E-state index in [-0.39, 0.29) is 11.7 Å². The van der Waals surface area contributed by atoms with E-state index >= 15 is 0 Å². The van der Waals surface area contributed by atoms with Crippen LogP contribution in [0.3, 0.4) is 0 Å². The van der Waals surface area contributed by atoms with Crippen LogP contribution in [0, 0.1) is 5.82 Å². The molecule has 0 aliphatic carbocycles. The molecular formula is C17H13FN2O2S. The van der Waals surface area contributed by atoms with Crippen LogP contribution in [0.25, 0.3) is 16.3 Å². The molecular weight excluding hydrogens is 315 g/mol. The Morgan fingerprint density at radius 2 is 2.04 bits per heavy atom. The topological polar surface area (TPSA) is 51.2 Å². The molecule has 0 unspecified atom stereocenters. The first kappa shape index (κ1) is 15.2. The molecule has 1 amide bonds. The average Bonchev–Trinajstić information content (AvgIpc) is 2.97. The molecule has 1 aromatic heterocycles. The summed E-state index contributed by atoms with van der Waals surface area (Å²) in [6, 6.07) is 9.03. The summed E-state index contributed by atoms with van der Waals surface area (Å²) in [5, 5.41) is 3.17. The predicted molar refractivity (Wildman–Crippen MR) is 90.6 cm³/mol. The van der Waals surface area contributed by atoms with Crippen LogP contribution in [0.15, 0.2) is 43.0 Å². The summed E-state index contributed by atoms with van der Waals surface area (Å²) >= 11 is 1.34. The lowest BCUT2D eigenvalue weighted by molar-refractivity contribution is 0.102. The van der Waals surface area contributed by atoms with Crippen molar-refractivity contribution < 1.29 is 13.9 Å². The fourth-order valence-corrected chi connectivity index (χ4v) is 3.14. The Labute approximate surface area is 136 Å². The maximum absolute atomic E-state index is 12.9. The van der Waals surface area contributed by atoms with Crippen LogP contribution in [0.5, 0.6) is 5.75 Å². The smallest absolute Gasteiger partial charge is 0.257 e. The van der Waals surface area contributed by atoms with Crippen molar-refractivity contribution in [3.05, 3.63) is 59.9 Å². The molecule has 6 heteroatoms. The third-order valence-electron chi connectivity index (χ3n) is 3.30. The molecule has 23 heavy (non-hydrogen) atoms. The summed E-state index contributed by atoms with van der Waals surface area (Å²) in [7, 11) is 1.57. The number of ether oxygens (including phenoxy) is 1. The first-order valence-corrected chi connectivity index (χ1v) is 7.61. The van der Waals surface area contributed by atoms with Gasteiger partial charge in [-0.15, -0.1) is 0 Å². The van der Waals surface area contributed by atoms with Gasteiger partial charge in [0, 0.05) is 5.56 Å². The van der Waals surface area contributed by atoms with Crippen molar-refractivity contribution in [1.82, 2.24) is 4.98 Å². The number of halogens is 1. The number of rotatable bonds is 4. The van der Waals surface area contributed by atoms with Gasteiger partial charge in [0.1, 0.15) is 17.1 Å². The van der Waals surface area contributed by atoms with Gasteiger partial charge in [0.05, 0.1) is 11.8 Å². The van der Waals surface area contributed by atoms with E-state index in [0.717, 1.165) is 10.3 Å². The lowest BCUT2D eigenvalue weighted by Gasteiger charge is -2.01. The van der Waals surface area contributed by atoms with E-state index < -0.39 is 0 Å². The van der Waals surface area contributed by atoms with Crippen LogP contribution < -0.4 is 10.1 Å². The lowest BCUT2D eigenvalue weighted by Crippen LogP contribution is -2.11. The zero-order chi connectivity index (χ0) is 16.4. The molecule has 0 aliphatic rings. The standard InChI is InChI=1S/C17H13FN2O2S/c1-3-10-6-9-13(22-2)14-15(10)23-17(19-14)20-16(21)11-4-7-12(18)8-5-11/h3-9H,1H2,2H3,(H,19,20,21). The number of hydrogen-bond donors (Lipinski definition) is 1. The van der Waals surface area contributed by atoms with Gasteiger partial charge in [-0.25, -0.2) is 9.37 Å². The minimum atomic E-state index is -0.387. The molecule has 1 heterocycles. The Kier molecular flexibility index (Phi) is 4.08. The van der Waals surface area contributed by atoms with Crippen molar-refractivity contribution in [2.75, 3.05) is 12.4 Å². The van der Waals surface area contributed by atoms with Gasteiger partial charge >= 0.3 is 0 Å².